The number of furan rings is 1. The van der Waals surface area contributed by atoms with E-state index in [1.807, 2.05) is 12.1 Å². The molecule has 0 bridgehead atoms. The lowest BCUT2D eigenvalue weighted by molar-refractivity contribution is -0.118. The second-order valence-corrected chi connectivity index (χ2v) is 8.34. The summed E-state index contributed by atoms with van der Waals surface area (Å²) in [6, 6.07) is 4.44. The zero-order valence-corrected chi connectivity index (χ0v) is 16.7. The lowest BCUT2D eigenvalue weighted by Gasteiger charge is -2.28. The third-order valence-corrected chi connectivity index (χ3v) is 6.24. The highest BCUT2D eigenvalue weighted by molar-refractivity contribution is 8.01. The average Bonchev–Trinajstić information content (AvgIpc) is 3.11. The van der Waals surface area contributed by atoms with Crippen molar-refractivity contribution in [2.45, 2.75) is 43.1 Å². The van der Waals surface area contributed by atoms with Crippen molar-refractivity contribution < 1.29 is 9.21 Å². The zero-order chi connectivity index (χ0) is 18.4. The number of nitrogens with one attached hydrogen (secondary N) is 2. The van der Waals surface area contributed by atoms with Crippen LogP contribution in [0, 0.1) is 0 Å². The van der Waals surface area contributed by atoms with Crippen LogP contribution in [0.15, 0.2) is 27.2 Å². The van der Waals surface area contributed by atoms with Gasteiger partial charge in [0.1, 0.15) is 5.76 Å². The highest BCUT2D eigenvalue weighted by Gasteiger charge is 2.23. The molecule has 26 heavy (non-hydrogen) atoms. The highest BCUT2D eigenvalue weighted by atomic mass is 32.2. The maximum absolute atomic E-state index is 12.2. The van der Waals surface area contributed by atoms with Crippen molar-refractivity contribution in [3.05, 3.63) is 24.2 Å². The molecule has 0 aromatic carbocycles. The lowest BCUT2D eigenvalue weighted by Crippen LogP contribution is -2.38. The van der Waals surface area contributed by atoms with Gasteiger partial charge >= 0.3 is 0 Å². The second-order valence-electron chi connectivity index (χ2n) is 6.14. The molecule has 3 rings (SSSR count). The molecule has 1 unspecified atom stereocenters. The van der Waals surface area contributed by atoms with Crippen LogP contribution in [-0.4, -0.2) is 52.4 Å². The summed E-state index contributed by atoms with van der Waals surface area (Å²) in [5.74, 6) is 1.20. The van der Waals surface area contributed by atoms with E-state index in [9.17, 15) is 4.79 Å². The first-order valence-electron chi connectivity index (χ1n) is 8.96. The monoisotopic (exact) mass is 395 g/mol. The number of rotatable bonds is 11. The SMILES string of the molecule is CCN(CC)C(CNC(=O)CSc1nnc(NC2CC2)s1)c1ccco1. The first-order valence-corrected chi connectivity index (χ1v) is 10.8. The topological polar surface area (TPSA) is 83.3 Å². The summed E-state index contributed by atoms with van der Waals surface area (Å²) in [5, 5.41) is 15.4. The highest BCUT2D eigenvalue weighted by Crippen LogP contribution is 2.30. The Hall–Kier alpha value is -1.58. The number of thioether (sulfide) groups is 1. The molecule has 2 aromatic rings. The maximum Gasteiger partial charge on any atom is 0.230 e. The van der Waals surface area contributed by atoms with Crippen molar-refractivity contribution in [3.63, 3.8) is 0 Å². The van der Waals surface area contributed by atoms with Gasteiger partial charge in [0.2, 0.25) is 11.0 Å². The minimum Gasteiger partial charge on any atom is -0.468 e. The van der Waals surface area contributed by atoms with E-state index in [-0.39, 0.29) is 11.9 Å². The van der Waals surface area contributed by atoms with E-state index in [1.165, 1.54) is 35.9 Å². The third kappa shape index (κ3) is 5.46. The Balaban J connectivity index is 1.46. The van der Waals surface area contributed by atoms with E-state index in [4.69, 9.17) is 4.42 Å². The molecule has 1 fully saturated rings. The van der Waals surface area contributed by atoms with Crippen LogP contribution in [-0.2, 0) is 4.79 Å². The Morgan fingerprint density at radius 1 is 1.42 bits per heavy atom. The number of hydrogen-bond acceptors (Lipinski definition) is 8. The maximum atomic E-state index is 12.2. The molecule has 0 saturated heterocycles. The molecule has 9 heteroatoms. The summed E-state index contributed by atoms with van der Waals surface area (Å²) in [6.07, 6.45) is 4.08. The van der Waals surface area contributed by atoms with Crippen molar-refractivity contribution in [1.29, 1.82) is 0 Å². The van der Waals surface area contributed by atoms with E-state index in [0.717, 1.165) is 28.3 Å². The number of aromatic nitrogens is 2. The van der Waals surface area contributed by atoms with Crippen LogP contribution >= 0.6 is 23.1 Å². The normalized spacial score (nSPS) is 15.2. The Morgan fingerprint density at radius 2 is 2.23 bits per heavy atom. The number of amides is 1. The number of nitrogens with zero attached hydrogens (tertiary/aromatic N) is 3. The standard InChI is InChI=1S/C17H25N5O2S2/c1-3-22(4-2)13(14-6-5-9-24-14)10-18-15(23)11-25-17-21-20-16(26-17)19-12-7-8-12/h5-6,9,12-13H,3-4,7-8,10-11H2,1-2H3,(H,18,23)(H,19,20). The van der Waals surface area contributed by atoms with Crippen LogP contribution in [0.2, 0.25) is 0 Å². The molecule has 7 nitrogen and oxygen atoms in total. The van der Waals surface area contributed by atoms with E-state index in [1.54, 1.807) is 6.26 Å². The minimum atomic E-state index is -0.00869. The van der Waals surface area contributed by atoms with Crippen LogP contribution in [0.5, 0.6) is 0 Å². The van der Waals surface area contributed by atoms with Gasteiger partial charge in [-0.05, 0) is 38.1 Å². The largest absolute Gasteiger partial charge is 0.468 e. The minimum absolute atomic E-state index is 0.00869. The van der Waals surface area contributed by atoms with Gasteiger partial charge in [0.05, 0.1) is 18.1 Å². The summed E-state index contributed by atoms with van der Waals surface area (Å²) < 4.78 is 6.37. The molecule has 2 aromatic heterocycles. The van der Waals surface area contributed by atoms with Crippen LogP contribution in [0.3, 0.4) is 0 Å². The summed E-state index contributed by atoms with van der Waals surface area (Å²) in [7, 11) is 0. The van der Waals surface area contributed by atoms with Gasteiger partial charge < -0.3 is 15.1 Å². The lowest BCUT2D eigenvalue weighted by atomic mass is 10.2. The average molecular weight is 396 g/mol. The summed E-state index contributed by atoms with van der Waals surface area (Å²) in [6.45, 7) is 6.54. The fourth-order valence-electron chi connectivity index (χ4n) is 2.67. The van der Waals surface area contributed by atoms with Crippen LogP contribution in [0.1, 0.15) is 38.5 Å². The number of carbonyl (C=O) groups excluding carboxylic acids is 1. The molecule has 0 spiro atoms. The fraction of sp³-hybridized carbons (Fsp3) is 0.588. The van der Waals surface area contributed by atoms with Gasteiger partial charge in [-0.3, -0.25) is 9.69 Å². The van der Waals surface area contributed by atoms with Gasteiger partial charge in [-0.2, -0.15) is 0 Å². The summed E-state index contributed by atoms with van der Waals surface area (Å²) in [5.41, 5.74) is 0. The quantitative estimate of drug-likeness (QED) is 0.566. The molecule has 0 radical (unpaired) electrons. The number of likely N-dealkylation sites (N-methyl/N-ethyl adjacent to an activating group) is 1. The first kappa shape index (κ1) is 19.2. The summed E-state index contributed by atoms with van der Waals surface area (Å²) >= 11 is 2.93. The molecule has 1 aliphatic rings. The molecular formula is C17H25N5O2S2. The fourth-order valence-corrected chi connectivity index (χ4v) is 4.33. The molecular weight excluding hydrogens is 370 g/mol. The van der Waals surface area contributed by atoms with Crippen molar-refractivity contribution in [2.75, 3.05) is 30.7 Å². The van der Waals surface area contributed by atoms with Crippen LogP contribution in [0.25, 0.3) is 0 Å². The third-order valence-electron chi connectivity index (χ3n) is 4.26. The molecule has 1 aliphatic carbocycles. The van der Waals surface area contributed by atoms with Crippen molar-refractivity contribution in [2.24, 2.45) is 0 Å². The van der Waals surface area contributed by atoms with E-state index in [2.05, 4.69) is 39.6 Å². The Labute approximate surface area is 161 Å². The number of hydrogen-bond donors (Lipinski definition) is 2. The molecule has 1 amide bonds. The van der Waals surface area contributed by atoms with Crippen LogP contribution < -0.4 is 10.6 Å². The molecule has 2 heterocycles. The molecule has 1 saturated carbocycles. The van der Waals surface area contributed by atoms with Crippen molar-refractivity contribution in [3.8, 4) is 0 Å². The zero-order valence-electron chi connectivity index (χ0n) is 15.1. The van der Waals surface area contributed by atoms with Gasteiger partial charge in [-0.25, -0.2) is 0 Å². The van der Waals surface area contributed by atoms with Crippen molar-refractivity contribution >= 4 is 34.1 Å². The molecule has 0 aliphatic heterocycles. The Bertz CT molecular complexity index is 683. The molecule has 1 atom stereocenters. The second kappa shape index (κ2) is 9.38. The van der Waals surface area contributed by atoms with Gasteiger partial charge in [0, 0.05) is 12.6 Å². The Kier molecular flexibility index (Phi) is 6.93. The first-order chi connectivity index (χ1) is 12.7. The number of anilines is 1. The predicted molar refractivity (Wildman–Crippen MR) is 105 cm³/mol. The predicted octanol–water partition coefficient (Wildman–Crippen LogP) is 3.00. The van der Waals surface area contributed by atoms with E-state index in [0.29, 0.717) is 18.3 Å². The smallest absolute Gasteiger partial charge is 0.230 e. The molecule has 2 N–H and O–H groups in total. The van der Waals surface area contributed by atoms with Gasteiger partial charge in [0.25, 0.3) is 0 Å². The van der Waals surface area contributed by atoms with Gasteiger partial charge in [-0.1, -0.05) is 36.9 Å². The number of carbonyl (C=O) groups is 1. The Morgan fingerprint density at radius 3 is 2.88 bits per heavy atom. The van der Waals surface area contributed by atoms with Crippen LogP contribution in [0.4, 0.5) is 5.13 Å². The molecule has 142 valence electrons. The van der Waals surface area contributed by atoms with Gasteiger partial charge in [-0.15, -0.1) is 10.2 Å². The van der Waals surface area contributed by atoms with E-state index < -0.39 is 0 Å². The van der Waals surface area contributed by atoms with Gasteiger partial charge in [0.15, 0.2) is 4.34 Å². The summed E-state index contributed by atoms with van der Waals surface area (Å²) in [4.78, 5) is 14.5. The van der Waals surface area contributed by atoms with Crippen molar-refractivity contribution in [1.82, 2.24) is 20.4 Å². The van der Waals surface area contributed by atoms with E-state index >= 15 is 0 Å².